The van der Waals surface area contributed by atoms with Gasteiger partial charge in [0.1, 0.15) is 11.5 Å². The molecule has 2 aromatic heterocycles. The molecular formula is C16H11ClN4O2. The zero-order valence-electron chi connectivity index (χ0n) is 11.9. The lowest BCUT2D eigenvalue weighted by Gasteiger charge is -2.06. The summed E-state index contributed by atoms with van der Waals surface area (Å²) in [6, 6.07) is 8.21. The summed E-state index contributed by atoms with van der Waals surface area (Å²) >= 11 is 5.98. The van der Waals surface area contributed by atoms with E-state index < -0.39 is 0 Å². The number of benzene rings is 1. The third-order valence-corrected chi connectivity index (χ3v) is 3.54. The molecule has 0 atom stereocenters. The maximum Gasteiger partial charge on any atom is 0.263 e. The molecule has 7 heteroatoms. The quantitative estimate of drug-likeness (QED) is 0.593. The molecule has 3 rings (SSSR count). The summed E-state index contributed by atoms with van der Waals surface area (Å²) in [4.78, 5) is 31.8. The van der Waals surface area contributed by atoms with E-state index in [0.717, 1.165) is 0 Å². The van der Waals surface area contributed by atoms with Crippen LogP contribution in [0.15, 0.2) is 55.5 Å². The van der Waals surface area contributed by atoms with Gasteiger partial charge in [-0.1, -0.05) is 18.2 Å². The number of aromatic nitrogens is 3. The van der Waals surface area contributed by atoms with E-state index in [2.05, 4.69) is 21.9 Å². The van der Waals surface area contributed by atoms with Crippen LogP contribution in [0.3, 0.4) is 0 Å². The highest BCUT2D eigenvalue weighted by atomic mass is 35.5. The van der Waals surface area contributed by atoms with Crippen LogP contribution in [-0.2, 0) is 4.79 Å². The van der Waals surface area contributed by atoms with E-state index in [1.54, 1.807) is 36.5 Å². The Balaban J connectivity index is 1.92. The van der Waals surface area contributed by atoms with Crippen molar-refractivity contribution >= 4 is 40.1 Å². The molecule has 0 fully saturated rings. The fraction of sp³-hybridized carbons (Fsp3) is 0. The Bertz CT molecular complexity index is 915. The molecule has 0 spiro atoms. The van der Waals surface area contributed by atoms with Crippen LogP contribution in [0.25, 0.3) is 11.0 Å². The van der Waals surface area contributed by atoms with Gasteiger partial charge in [-0.2, -0.15) is 0 Å². The number of hydrogen-bond acceptors (Lipinski definition) is 4. The van der Waals surface area contributed by atoms with E-state index in [1.165, 1.54) is 17.0 Å². The normalized spacial score (nSPS) is 10.5. The molecule has 0 unspecified atom stereocenters. The number of rotatable bonds is 3. The molecule has 0 saturated carbocycles. The van der Waals surface area contributed by atoms with Crippen molar-refractivity contribution in [2.24, 2.45) is 0 Å². The Morgan fingerprint density at radius 3 is 2.61 bits per heavy atom. The minimum atomic E-state index is -0.313. The summed E-state index contributed by atoms with van der Waals surface area (Å²) in [5.74, 6) is -0.566. The molecule has 6 nitrogen and oxygen atoms in total. The molecule has 0 bridgehead atoms. The molecule has 1 N–H and O–H groups in total. The average molecular weight is 327 g/mol. The van der Waals surface area contributed by atoms with Crippen molar-refractivity contribution in [3.63, 3.8) is 0 Å². The van der Waals surface area contributed by atoms with Crippen molar-refractivity contribution in [1.29, 1.82) is 0 Å². The van der Waals surface area contributed by atoms with E-state index in [-0.39, 0.29) is 11.8 Å². The second kappa shape index (κ2) is 6.02. The van der Waals surface area contributed by atoms with Crippen molar-refractivity contribution in [2.75, 3.05) is 5.32 Å². The van der Waals surface area contributed by atoms with Gasteiger partial charge in [-0.15, -0.1) is 0 Å². The fourth-order valence-corrected chi connectivity index (χ4v) is 2.30. The summed E-state index contributed by atoms with van der Waals surface area (Å²) in [5, 5.41) is 3.52. The first-order valence-corrected chi connectivity index (χ1v) is 7.03. The Morgan fingerprint density at radius 2 is 1.91 bits per heavy atom. The maximum atomic E-state index is 12.6. The van der Waals surface area contributed by atoms with Gasteiger partial charge in [0.2, 0.25) is 5.91 Å². The van der Waals surface area contributed by atoms with Crippen LogP contribution in [-0.4, -0.2) is 26.3 Å². The summed E-state index contributed by atoms with van der Waals surface area (Å²) in [6.07, 6.45) is 4.08. The van der Waals surface area contributed by atoms with Gasteiger partial charge in [-0.3, -0.25) is 14.2 Å². The van der Waals surface area contributed by atoms with Crippen LogP contribution >= 0.6 is 11.6 Å². The number of nitrogens with one attached hydrogen (secondary N) is 1. The van der Waals surface area contributed by atoms with Gasteiger partial charge < -0.3 is 5.32 Å². The monoisotopic (exact) mass is 326 g/mol. The van der Waals surface area contributed by atoms with Crippen LogP contribution in [0.1, 0.15) is 10.4 Å². The maximum absolute atomic E-state index is 12.6. The predicted molar refractivity (Wildman–Crippen MR) is 87.5 cm³/mol. The number of carbonyl (C=O) groups is 2. The molecule has 114 valence electrons. The first-order chi connectivity index (χ1) is 11.1. The van der Waals surface area contributed by atoms with Gasteiger partial charge in [-0.25, -0.2) is 9.97 Å². The second-order valence-electron chi connectivity index (χ2n) is 4.66. The Labute approximate surface area is 136 Å². The number of fused-ring (bicyclic) bond motifs is 1. The summed E-state index contributed by atoms with van der Waals surface area (Å²) in [5.41, 5.74) is 1.47. The minimum absolute atomic E-state index is 0.253. The summed E-state index contributed by atoms with van der Waals surface area (Å²) in [7, 11) is 0. The highest BCUT2D eigenvalue weighted by Crippen LogP contribution is 2.21. The van der Waals surface area contributed by atoms with Gasteiger partial charge in [0.25, 0.3) is 5.91 Å². The topological polar surface area (TPSA) is 76.9 Å². The Hall–Kier alpha value is -2.99. The molecular weight excluding hydrogens is 316 g/mol. The summed E-state index contributed by atoms with van der Waals surface area (Å²) < 4.78 is 1.40. The lowest BCUT2D eigenvalue weighted by Crippen LogP contribution is -2.12. The minimum Gasteiger partial charge on any atom is -0.323 e. The number of amides is 1. The first kappa shape index (κ1) is 14.9. The third-order valence-electron chi connectivity index (χ3n) is 3.24. The molecule has 0 aliphatic rings. The van der Waals surface area contributed by atoms with Crippen LogP contribution in [0, 0.1) is 0 Å². The standard InChI is InChI=1S/C16H11ClN4O2/c1-2-13(22)20-11-5-3-10(4-6-11)16(23)21-8-7-12-14(17)18-9-19-15(12)21/h2-9H,1H2,(H,20,22). The lowest BCUT2D eigenvalue weighted by atomic mass is 10.2. The number of nitrogens with zero attached hydrogens (tertiary/aromatic N) is 3. The van der Waals surface area contributed by atoms with Crippen molar-refractivity contribution < 1.29 is 9.59 Å². The van der Waals surface area contributed by atoms with E-state index in [4.69, 9.17) is 11.6 Å². The number of anilines is 1. The molecule has 2 heterocycles. The van der Waals surface area contributed by atoms with Crippen molar-refractivity contribution in [1.82, 2.24) is 14.5 Å². The van der Waals surface area contributed by atoms with Gasteiger partial charge in [0.15, 0.2) is 5.65 Å². The second-order valence-corrected chi connectivity index (χ2v) is 5.02. The van der Waals surface area contributed by atoms with Gasteiger partial charge >= 0.3 is 0 Å². The van der Waals surface area contributed by atoms with E-state index in [9.17, 15) is 9.59 Å². The van der Waals surface area contributed by atoms with Crippen LogP contribution < -0.4 is 5.32 Å². The SMILES string of the molecule is C=CC(=O)Nc1ccc(C(=O)n2ccc3c(Cl)ncnc32)cc1. The zero-order valence-corrected chi connectivity index (χ0v) is 12.6. The third kappa shape index (κ3) is 2.84. The Kier molecular flexibility index (Phi) is 3.91. The molecule has 1 amide bonds. The molecule has 23 heavy (non-hydrogen) atoms. The highest BCUT2D eigenvalue weighted by Gasteiger charge is 2.14. The molecule has 3 aromatic rings. The van der Waals surface area contributed by atoms with Gasteiger partial charge in [-0.05, 0) is 36.4 Å². The van der Waals surface area contributed by atoms with Gasteiger partial charge in [0.05, 0.1) is 5.39 Å². The van der Waals surface area contributed by atoms with Crippen LogP contribution in [0.5, 0.6) is 0 Å². The number of hydrogen-bond donors (Lipinski definition) is 1. The number of carbonyl (C=O) groups excluding carboxylic acids is 2. The first-order valence-electron chi connectivity index (χ1n) is 6.66. The Morgan fingerprint density at radius 1 is 1.17 bits per heavy atom. The smallest absolute Gasteiger partial charge is 0.263 e. The van der Waals surface area contributed by atoms with E-state index in [1.807, 2.05) is 0 Å². The van der Waals surface area contributed by atoms with Crippen molar-refractivity contribution in [2.45, 2.75) is 0 Å². The highest BCUT2D eigenvalue weighted by molar-refractivity contribution is 6.34. The van der Waals surface area contributed by atoms with E-state index >= 15 is 0 Å². The van der Waals surface area contributed by atoms with Crippen LogP contribution in [0.2, 0.25) is 5.15 Å². The molecule has 0 aliphatic heterocycles. The van der Waals surface area contributed by atoms with Crippen LogP contribution in [0.4, 0.5) is 5.69 Å². The number of halogens is 1. The lowest BCUT2D eigenvalue weighted by molar-refractivity contribution is -0.111. The molecule has 0 saturated heterocycles. The molecule has 1 aromatic carbocycles. The fourth-order valence-electron chi connectivity index (χ4n) is 2.11. The van der Waals surface area contributed by atoms with Gasteiger partial charge in [0, 0.05) is 17.4 Å². The summed E-state index contributed by atoms with van der Waals surface area (Å²) in [6.45, 7) is 3.38. The zero-order chi connectivity index (χ0) is 16.4. The van der Waals surface area contributed by atoms with E-state index in [0.29, 0.717) is 27.4 Å². The molecule has 0 aliphatic carbocycles. The van der Waals surface area contributed by atoms with Crippen molar-refractivity contribution in [3.8, 4) is 0 Å². The largest absolute Gasteiger partial charge is 0.323 e. The predicted octanol–water partition coefficient (Wildman–Crippen LogP) is 2.90. The average Bonchev–Trinajstić information content (AvgIpc) is 3.00. The van der Waals surface area contributed by atoms with Crippen molar-refractivity contribution in [3.05, 3.63) is 66.2 Å². The molecule has 0 radical (unpaired) electrons.